The molecule has 1 aliphatic carbocycles. The third kappa shape index (κ3) is 8.52. The van der Waals surface area contributed by atoms with Crippen LogP contribution in [-0.2, 0) is 15.7 Å². The zero-order valence-electron chi connectivity index (χ0n) is 19.5. The molecule has 178 valence electrons. The lowest BCUT2D eigenvalue weighted by atomic mass is 9.90. The number of benzene rings is 1. The number of ether oxygens (including phenoxy) is 1. The fraction of sp³-hybridized carbons (Fsp3) is 0.565. The fourth-order valence-electron chi connectivity index (χ4n) is 3.38. The first-order valence-corrected chi connectivity index (χ1v) is 12.9. The highest BCUT2D eigenvalue weighted by Gasteiger charge is 2.22. The minimum Gasteiger partial charge on any atom is -0.508 e. The van der Waals surface area contributed by atoms with E-state index in [0.29, 0.717) is 10.8 Å². The second kappa shape index (κ2) is 11.8. The van der Waals surface area contributed by atoms with Crippen LogP contribution in [0.5, 0.6) is 5.75 Å². The molecule has 32 heavy (non-hydrogen) atoms. The first kappa shape index (κ1) is 26.3. The van der Waals surface area contributed by atoms with Gasteiger partial charge in [-0.1, -0.05) is 19.3 Å². The Morgan fingerprint density at radius 3 is 2.47 bits per heavy atom. The van der Waals surface area contributed by atoms with Gasteiger partial charge in [-0.3, -0.25) is 0 Å². The molecule has 2 aromatic rings. The molecule has 1 aromatic carbocycles. The van der Waals surface area contributed by atoms with Gasteiger partial charge in [0.1, 0.15) is 16.7 Å². The SMILES string of the molecule is CC(C)(C)NS(=O)c1cc(O)ccc1-c1cnc(C2CCCCC2)s1.CC(C)OC(N)=O. The van der Waals surface area contributed by atoms with E-state index in [1.54, 1.807) is 37.3 Å². The van der Waals surface area contributed by atoms with Crippen LogP contribution in [0.3, 0.4) is 0 Å². The van der Waals surface area contributed by atoms with Gasteiger partial charge in [-0.05, 0) is 65.7 Å². The van der Waals surface area contributed by atoms with Gasteiger partial charge in [0.25, 0.3) is 0 Å². The summed E-state index contributed by atoms with van der Waals surface area (Å²) in [5, 5.41) is 11.0. The molecule has 9 heteroatoms. The van der Waals surface area contributed by atoms with E-state index in [2.05, 4.69) is 20.2 Å². The summed E-state index contributed by atoms with van der Waals surface area (Å²) < 4.78 is 20.3. The molecular weight excluding hydrogens is 446 g/mol. The number of amides is 1. The zero-order chi connectivity index (χ0) is 23.9. The molecule has 1 aromatic heterocycles. The number of primary amides is 1. The number of carbonyl (C=O) groups is 1. The predicted octanol–water partition coefficient (Wildman–Crippen LogP) is 5.46. The molecule has 0 saturated heterocycles. The highest BCUT2D eigenvalue weighted by molar-refractivity contribution is 7.83. The smallest absolute Gasteiger partial charge is 0.404 e. The van der Waals surface area contributed by atoms with Crippen LogP contribution in [0, 0.1) is 0 Å². The van der Waals surface area contributed by atoms with Crippen LogP contribution >= 0.6 is 11.3 Å². The van der Waals surface area contributed by atoms with E-state index in [4.69, 9.17) is 0 Å². The first-order chi connectivity index (χ1) is 15.0. The van der Waals surface area contributed by atoms with Crippen LogP contribution in [-0.4, -0.2) is 32.0 Å². The van der Waals surface area contributed by atoms with Crippen molar-refractivity contribution in [3.05, 3.63) is 29.4 Å². The van der Waals surface area contributed by atoms with Gasteiger partial charge in [0, 0.05) is 23.2 Å². The third-order valence-electron chi connectivity index (χ3n) is 4.66. The molecule has 4 N–H and O–H groups in total. The lowest BCUT2D eigenvalue weighted by Crippen LogP contribution is -2.37. The third-order valence-corrected chi connectivity index (χ3v) is 7.39. The Labute approximate surface area is 197 Å². The highest BCUT2D eigenvalue weighted by atomic mass is 32.2. The number of nitrogens with zero attached hydrogens (tertiary/aromatic N) is 1. The Kier molecular flexibility index (Phi) is 9.66. The Hall–Kier alpha value is -1.97. The van der Waals surface area contributed by atoms with E-state index in [-0.39, 0.29) is 17.4 Å². The number of nitrogens with one attached hydrogen (secondary N) is 1. The van der Waals surface area contributed by atoms with Crippen LogP contribution < -0.4 is 10.5 Å². The van der Waals surface area contributed by atoms with E-state index in [0.717, 1.165) is 10.4 Å². The van der Waals surface area contributed by atoms with Crippen LogP contribution in [0.15, 0.2) is 29.3 Å². The molecule has 3 rings (SSSR count). The number of aromatic nitrogens is 1. The van der Waals surface area contributed by atoms with E-state index in [9.17, 15) is 14.1 Å². The summed E-state index contributed by atoms with van der Waals surface area (Å²) in [4.78, 5) is 16.1. The molecule has 1 fully saturated rings. The van der Waals surface area contributed by atoms with Gasteiger partial charge in [0.15, 0.2) is 0 Å². The molecule has 1 amide bonds. The maximum atomic E-state index is 12.8. The van der Waals surface area contributed by atoms with Gasteiger partial charge in [0.2, 0.25) is 0 Å². The minimum atomic E-state index is -1.40. The maximum Gasteiger partial charge on any atom is 0.404 e. The van der Waals surface area contributed by atoms with Gasteiger partial charge >= 0.3 is 6.09 Å². The summed E-state index contributed by atoms with van der Waals surface area (Å²) in [5.74, 6) is 0.686. The van der Waals surface area contributed by atoms with Gasteiger partial charge in [-0.25, -0.2) is 18.7 Å². The standard InChI is InChI=1S/C19H26N2O2S2.C4H9NO2/c1-19(2,3)21-25(23)17-11-14(22)9-10-15(17)16-12-20-18(24-16)13-7-5-4-6-8-13;1-3(2)7-4(5)6/h9-13,21-22H,4-8H2,1-3H3;3H,1-2H3,(H2,5,6). The van der Waals surface area contributed by atoms with Crippen molar-refractivity contribution in [1.29, 1.82) is 0 Å². The Morgan fingerprint density at radius 2 is 1.94 bits per heavy atom. The van der Waals surface area contributed by atoms with Crippen LogP contribution in [0.2, 0.25) is 0 Å². The largest absolute Gasteiger partial charge is 0.508 e. The normalized spacial score (nSPS) is 15.7. The van der Waals surface area contributed by atoms with Gasteiger partial charge in [-0.15, -0.1) is 11.3 Å². The van der Waals surface area contributed by atoms with Crippen LogP contribution in [0.25, 0.3) is 10.4 Å². The number of hydrogen-bond acceptors (Lipinski definition) is 6. The molecule has 1 aliphatic rings. The number of rotatable bonds is 5. The summed E-state index contributed by atoms with van der Waals surface area (Å²) in [5.41, 5.74) is 5.23. The van der Waals surface area contributed by atoms with Crippen LogP contribution in [0.1, 0.15) is 77.6 Å². The number of aromatic hydroxyl groups is 1. The van der Waals surface area contributed by atoms with Gasteiger partial charge < -0.3 is 15.6 Å². The number of carbonyl (C=O) groups excluding carboxylic acids is 1. The number of thiazole rings is 1. The van der Waals surface area contributed by atoms with Crippen molar-refractivity contribution >= 4 is 28.4 Å². The average Bonchev–Trinajstić information content (AvgIpc) is 3.17. The molecule has 0 radical (unpaired) electrons. The Bertz CT molecular complexity index is 916. The number of nitrogens with two attached hydrogens (primary N) is 1. The molecule has 0 aliphatic heterocycles. The van der Waals surface area contributed by atoms with Gasteiger partial charge in [-0.2, -0.15) is 0 Å². The summed E-state index contributed by atoms with van der Waals surface area (Å²) >= 11 is 1.69. The average molecular weight is 482 g/mol. The lowest BCUT2D eigenvalue weighted by Gasteiger charge is -2.20. The van der Waals surface area contributed by atoms with Crippen molar-refractivity contribution in [2.45, 2.75) is 89.2 Å². The van der Waals surface area contributed by atoms with Crippen molar-refractivity contribution in [1.82, 2.24) is 9.71 Å². The first-order valence-electron chi connectivity index (χ1n) is 10.9. The van der Waals surface area contributed by atoms with Crippen molar-refractivity contribution < 1.29 is 18.8 Å². The number of hydrogen-bond donors (Lipinski definition) is 3. The highest BCUT2D eigenvalue weighted by Crippen LogP contribution is 2.39. The van der Waals surface area contributed by atoms with Crippen LogP contribution in [0.4, 0.5) is 4.79 Å². The minimum absolute atomic E-state index is 0.0995. The predicted molar refractivity (Wildman–Crippen MR) is 130 cm³/mol. The van der Waals surface area contributed by atoms with E-state index < -0.39 is 17.1 Å². The molecule has 1 saturated carbocycles. The summed E-state index contributed by atoms with van der Waals surface area (Å²) in [6, 6.07) is 5.07. The zero-order valence-corrected chi connectivity index (χ0v) is 21.1. The fourth-order valence-corrected chi connectivity index (χ4v) is 5.85. The Balaban J connectivity index is 0.000000451. The Morgan fingerprint density at radius 1 is 1.28 bits per heavy atom. The molecule has 0 spiro atoms. The van der Waals surface area contributed by atoms with E-state index in [1.165, 1.54) is 37.1 Å². The van der Waals surface area contributed by atoms with Crippen molar-refractivity contribution in [3.63, 3.8) is 0 Å². The molecule has 1 atom stereocenters. The molecule has 1 unspecified atom stereocenters. The summed E-state index contributed by atoms with van der Waals surface area (Å²) in [6.45, 7) is 9.40. The van der Waals surface area contributed by atoms with E-state index >= 15 is 0 Å². The second-order valence-electron chi connectivity index (χ2n) is 9.18. The van der Waals surface area contributed by atoms with Crippen molar-refractivity contribution in [3.8, 4) is 16.2 Å². The van der Waals surface area contributed by atoms with Gasteiger partial charge in [0.05, 0.1) is 20.9 Å². The number of phenols is 1. The quantitative estimate of drug-likeness (QED) is 0.524. The second-order valence-corrected chi connectivity index (χ2v) is 11.4. The monoisotopic (exact) mass is 481 g/mol. The topological polar surface area (TPSA) is 115 Å². The van der Waals surface area contributed by atoms with Crippen molar-refractivity contribution in [2.24, 2.45) is 5.73 Å². The molecule has 0 bridgehead atoms. The van der Waals surface area contributed by atoms with Crippen molar-refractivity contribution in [2.75, 3.05) is 0 Å². The lowest BCUT2D eigenvalue weighted by molar-refractivity contribution is 0.125. The summed E-state index contributed by atoms with van der Waals surface area (Å²) in [6.07, 6.45) is 7.40. The molecular formula is C23H35N3O4S2. The number of phenolic OH excluding ortho intramolecular Hbond substituents is 1. The summed E-state index contributed by atoms with van der Waals surface area (Å²) in [7, 11) is -1.40. The molecule has 7 nitrogen and oxygen atoms in total. The molecule has 1 heterocycles. The van der Waals surface area contributed by atoms with E-state index in [1.807, 2.05) is 33.0 Å². The maximum absolute atomic E-state index is 12.8.